The number of hydrogen-bond acceptors (Lipinski definition) is 3. The van der Waals surface area contributed by atoms with Crippen molar-refractivity contribution in [3.8, 4) is 5.75 Å². The van der Waals surface area contributed by atoms with E-state index in [-0.39, 0.29) is 23.6 Å². The Bertz CT molecular complexity index is 443. The molecule has 0 unspecified atom stereocenters. The predicted molar refractivity (Wildman–Crippen MR) is 71.6 cm³/mol. The Labute approximate surface area is 116 Å². The number of nitrogens with two attached hydrogens (primary N) is 1. The van der Waals surface area contributed by atoms with Crippen molar-refractivity contribution in [1.82, 2.24) is 0 Å². The minimum Gasteiger partial charge on any atom is -0.435 e. The number of hydrogen-bond donors (Lipinski definition) is 2. The van der Waals surface area contributed by atoms with Crippen molar-refractivity contribution < 1.29 is 18.3 Å². The minimum atomic E-state index is -2.85. The van der Waals surface area contributed by atoms with Gasteiger partial charge < -0.3 is 15.8 Å². The summed E-state index contributed by atoms with van der Waals surface area (Å²) >= 11 is 0. The largest absolute Gasteiger partial charge is 0.435 e. The zero-order valence-corrected chi connectivity index (χ0v) is 11.0. The van der Waals surface area contributed by atoms with E-state index in [1.165, 1.54) is 12.1 Å². The van der Waals surface area contributed by atoms with Crippen molar-refractivity contribution in [2.75, 3.05) is 5.32 Å². The highest BCUT2D eigenvalue weighted by molar-refractivity contribution is 5.92. The summed E-state index contributed by atoms with van der Waals surface area (Å²) in [7, 11) is 0. The van der Waals surface area contributed by atoms with Gasteiger partial charge in [0, 0.05) is 17.6 Å². The van der Waals surface area contributed by atoms with Crippen LogP contribution in [0.5, 0.6) is 5.75 Å². The lowest BCUT2D eigenvalue weighted by molar-refractivity contribution is -0.120. The van der Waals surface area contributed by atoms with Crippen molar-refractivity contribution in [2.24, 2.45) is 11.7 Å². The van der Waals surface area contributed by atoms with Gasteiger partial charge in [-0.05, 0) is 49.9 Å². The van der Waals surface area contributed by atoms with Crippen LogP contribution in [0.4, 0.5) is 14.5 Å². The maximum Gasteiger partial charge on any atom is 0.387 e. The molecule has 1 aromatic rings. The first-order chi connectivity index (χ1) is 9.54. The van der Waals surface area contributed by atoms with Gasteiger partial charge in [-0.3, -0.25) is 4.79 Å². The number of halogens is 2. The lowest BCUT2D eigenvalue weighted by Gasteiger charge is -2.25. The van der Waals surface area contributed by atoms with Crippen LogP contribution in [0, 0.1) is 5.92 Å². The quantitative estimate of drug-likeness (QED) is 0.893. The third-order valence-electron chi connectivity index (χ3n) is 3.49. The Balaban J connectivity index is 1.88. The number of rotatable bonds is 4. The van der Waals surface area contributed by atoms with Crippen LogP contribution in [0.2, 0.25) is 0 Å². The molecule has 3 N–H and O–H groups in total. The number of ether oxygens (including phenoxy) is 1. The molecule has 0 bridgehead atoms. The van der Waals surface area contributed by atoms with Gasteiger partial charge in [0.15, 0.2) is 0 Å². The molecule has 1 aliphatic rings. The fourth-order valence-electron chi connectivity index (χ4n) is 2.35. The van der Waals surface area contributed by atoms with Crippen molar-refractivity contribution in [3.05, 3.63) is 24.3 Å². The third kappa shape index (κ3) is 4.16. The van der Waals surface area contributed by atoms with Gasteiger partial charge in [-0.1, -0.05) is 0 Å². The van der Waals surface area contributed by atoms with Gasteiger partial charge in [0.1, 0.15) is 5.75 Å². The molecule has 1 fully saturated rings. The van der Waals surface area contributed by atoms with Crippen LogP contribution in [-0.4, -0.2) is 18.6 Å². The maximum atomic E-state index is 12.0. The number of carbonyl (C=O) groups excluding carboxylic acids is 1. The van der Waals surface area contributed by atoms with Gasteiger partial charge in [0.05, 0.1) is 0 Å². The second kappa shape index (κ2) is 6.65. The van der Waals surface area contributed by atoms with E-state index in [1.54, 1.807) is 12.1 Å². The van der Waals surface area contributed by atoms with Crippen LogP contribution < -0.4 is 15.8 Å². The molecule has 6 heteroatoms. The molecule has 20 heavy (non-hydrogen) atoms. The summed E-state index contributed by atoms with van der Waals surface area (Å²) in [5.74, 6) is 0.00728. The second-order valence-electron chi connectivity index (χ2n) is 5.00. The van der Waals surface area contributed by atoms with Crippen LogP contribution in [0.25, 0.3) is 0 Å². The van der Waals surface area contributed by atoms with E-state index in [0.717, 1.165) is 25.7 Å². The first-order valence-electron chi connectivity index (χ1n) is 6.66. The number of amides is 1. The van der Waals surface area contributed by atoms with E-state index < -0.39 is 6.61 Å². The lowest BCUT2D eigenvalue weighted by Crippen LogP contribution is -2.32. The Morgan fingerprint density at radius 2 is 1.80 bits per heavy atom. The smallest absolute Gasteiger partial charge is 0.387 e. The molecule has 1 amide bonds. The fourth-order valence-corrected chi connectivity index (χ4v) is 2.35. The van der Waals surface area contributed by atoms with Gasteiger partial charge in [-0.25, -0.2) is 0 Å². The molecule has 2 rings (SSSR count). The highest BCUT2D eigenvalue weighted by Crippen LogP contribution is 2.25. The monoisotopic (exact) mass is 284 g/mol. The summed E-state index contributed by atoms with van der Waals surface area (Å²) in [6.45, 7) is -2.85. The van der Waals surface area contributed by atoms with Crippen LogP contribution in [0.15, 0.2) is 24.3 Å². The molecule has 110 valence electrons. The van der Waals surface area contributed by atoms with E-state index in [1.807, 2.05) is 0 Å². The molecule has 0 atom stereocenters. The van der Waals surface area contributed by atoms with Crippen LogP contribution >= 0.6 is 0 Å². The molecular weight excluding hydrogens is 266 g/mol. The van der Waals surface area contributed by atoms with Crippen molar-refractivity contribution in [1.29, 1.82) is 0 Å². The van der Waals surface area contributed by atoms with Gasteiger partial charge in [-0.15, -0.1) is 0 Å². The molecule has 1 saturated carbocycles. The van der Waals surface area contributed by atoms with Crippen LogP contribution in [0.3, 0.4) is 0 Å². The van der Waals surface area contributed by atoms with Gasteiger partial charge in [-0.2, -0.15) is 8.78 Å². The Hall–Kier alpha value is -1.69. The number of nitrogens with one attached hydrogen (secondary N) is 1. The number of carbonyl (C=O) groups is 1. The SMILES string of the molecule is NC1CCC(C(=O)Nc2ccc(OC(F)F)cc2)CC1. The Morgan fingerprint density at radius 1 is 1.20 bits per heavy atom. The second-order valence-corrected chi connectivity index (χ2v) is 5.00. The zero-order valence-electron chi connectivity index (χ0n) is 11.0. The van der Waals surface area contributed by atoms with E-state index in [2.05, 4.69) is 10.1 Å². The summed E-state index contributed by atoms with van der Waals surface area (Å²) in [5.41, 5.74) is 6.37. The molecule has 1 aliphatic carbocycles. The molecule has 4 nitrogen and oxygen atoms in total. The maximum absolute atomic E-state index is 12.0. The summed E-state index contributed by atoms with van der Waals surface area (Å²) < 4.78 is 28.2. The molecule has 0 aliphatic heterocycles. The van der Waals surface area contributed by atoms with E-state index >= 15 is 0 Å². The number of anilines is 1. The van der Waals surface area contributed by atoms with Crippen molar-refractivity contribution >= 4 is 11.6 Å². The predicted octanol–water partition coefficient (Wildman–Crippen LogP) is 2.74. The summed E-state index contributed by atoms with van der Waals surface area (Å²) in [6, 6.07) is 6.09. The first kappa shape index (κ1) is 14.7. The van der Waals surface area contributed by atoms with Gasteiger partial charge in [0.25, 0.3) is 0 Å². The number of benzene rings is 1. The third-order valence-corrected chi connectivity index (χ3v) is 3.49. The summed E-state index contributed by atoms with van der Waals surface area (Å²) in [6.07, 6.45) is 3.30. The average Bonchev–Trinajstić information content (AvgIpc) is 2.41. The van der Waals surface area contributed by atoms with E-state index in [4.69, 9.17) is 5.73 Å². The average molecular weight is 284 g/mol. The summed E-state index contributed by atoms with van der Waals surface area (Å²) in [5, 5.41) is 2.78. The zero-order chi connectivity index (χ0) is 14.5. The van der Waals surface area contributed by atoms with Crippen LogP contribution in [0.1, 0.15) is 25.7 Å². The topological polar surface area (TPSA) is 64.4 Å². The summed E-state index contributed by atoms with van der Waals surface area (Å²) in [4.78, 5) is 12.0. The Morgan fingerprint density at radius 3 is 2.35 bits per heavy atom. The molecule has 0 radical (unpaired) electrons. The standard InChI is InChI=1S/C14H18F2N2O2/c15-14(16)20-12-7-5-11(6-8-12)18-13(19)9-1-3-10(17)4-2-9/h5-10,14H,1-4,17H2,(H,18,19). The van der Waals surface area contributed by atoms with E-state index in [9.17, 15) is 13.6 Å². The highest BCUT2D eigenvalue weighted by atomic mass is 19.3. The van der Waals surface area contributed by atoms with Crippen LogP contribution in [-0.2, 0) is 4.79 Å². The first-order valence-corrected chi connectivity index (χ1v) is 6.66. The lowest BCUT2D eigenvalue weighted by atomic mass is 9.86. The van der Waals surface area contributed by atoms with E-state index in [0.29, 0.717) is 5.69 Å². The molecular formula is C14H18F2N2O2. The molecule has 0 saturated heterocycles. The molecule has 0 spiro atoms. The molecule has 0 heterocycles. The minimum absolute atomic E-state index is 0.0215. The Kier molecular flexibility index (Phi) is 4.89. The normalized spacial score (nSPS) is 22.6. The van der Waals surface area contributed by atoms with Crippen molar-refractivity contribution in [2.45, 2.75) is 38.3 Å². The number of alkyl halides is 2. The van der Waals surface area contributed by atoms with Gasteiger partial charge >= 0.3 is 6.61 Å². The molecule has 1 aromatic carbocycles. The molecule has 0 aromatic heterocycles. The highest BCUT2D eigenvalue weighted by Gasteiger charge is 2.24. The van der Waals surface area contributed by atoms with Crippen molar-refractivity contribution in [3.63, 3.8) is 0 Å². The fraction of sp³-hybridized carbons (Fsp3) is 0.500. The van der Waals surface area contributed by atoms with Gasteiger partial charge in [0.2, 0.25) is 5.91 Å².